The Morgan fingerprint density at radius 1 is 0.957 bits per heavy atom. The van der Waals surface area contributed by atoms with Crippen LogP contribution in [0.5, 0.6) is 0 Å². The monoisotopic (exact) mass is 401 g/mol. The van der Waals surface area contributed by atoms with E-state index in [1.54, 1.807) is 0 Å². The molecule has 0 unspecified atom stereocenters. The maximum Gasteiger partial charge on any atom is 0.270 e. The third kappa shape index (κ3) is 3.81. The predicted molar refractivity (Wildman–Crippen MR) is 84.7 cm³/mol. The van der Waals surface area contributed by atoms with Crippen molar-refractivity contribution >= 4 is 43.0 Å². The van der Waals surface area contributed by atoms with E-state index in [2.05, 4.69) is 20.7 Å². The summed E-state index contributed by atoms with van der Waals surface area (Å²) >= 11 is 3.04. The number of hydrogen-bond donors (Lipinski definition) is 1. The van der Waals surface area contributed by atoms with Crippen LogP contribution >= 0.6 is 15.9 Å². The second kappa shape index (κ2) is 6.30. The Bertz CT molecular complexity index is 899. The van der Waals surface area contributed by atoms with Gasteiger partial charge in [0.25, 0.3) is 21.4 Å². The molecule has 2 aromatic rings. The number of halogens is 1. The molecule has 0 aliphatic rings. The molecule has 0 heterocycles. The van der Waals surface area contributed by atoms with Gasteiger partial charge in [0.2, 0.25) is 0 Å². The Morgan fingerprint density at radius 2 is 1.57 bits per heavy atom. The summed E-state index contributed by atoms with van der Waals surface area (Å²) in [6.07, 6.45) is 0. The zero-order valence-electron chi connectivity index (χ0n) is 11.2. The van der Waals surface area contributed by atoms with Crippen LogP contribution in [0.4, 0.5) is 17.1 Å². The van der Waals surface area contributed by atoms with Gasteiger partial charge >= 0.3 is 0 Å². The molecule has 23 heavy (non-hydrogen) atoms. The van der Waals surface area contributed by atoms with Crippen LogP contribution in [0.1, 0.15) is 0 Å². The van der Waals surface area contributed by atoms with Crippen molar-refractivity contribution in [2.24, 2.45) is 0 Å². The molecule has 0 atom stereocenters. The second-order valence-corrected chi connectivity index (χ2v) is 6.82. The first-order valence-corrected chi connectivity index (χ1v) is 8.19. The van der Waals surface area contributed by atoms with E-state index >= 15 is 0 Å². The Hall–Kier alpha value is -2.53. The quantitative estimate of drug-likeness (QED) is 0.604. The lowest BCUT2D eigenvalue weighted by atomic mass is 10.3. The van der Waals surface area contributed by atoms with Crippen molar-refractivity contribution in [3.8, 4) is 0 Å². The van der Waals surface area contributed by atoms with E-state index in [0.29, 0.717) is 0 Å². The topological polar surface area (TPSA) is 132 Å². The van der Waals surface area contributed by atoms with E-state index in [0.717, 1.165) is 18.2 Å². The van der Waals surface area contributed by atoms with Gasteiger partial charge in [0.15, 0.2) is 0 Å². The summed E-state index contributed by atoms with van der Waals surface area (Å²) in [7, 11) is -4.08. The van der Waals surface area contributed by atoms with E-state index < -0.39 is 19.9 Å². The number of nitro benzene ring substituents is 2. The number of nitro groups is 2. The fourth-order valence-electron chi connectivity index (χ4n) is 1.67. The number of hydrogen-bond acceptors (Lipinski definition) is 6. The van der Waals surface area contributed by atoms with Gasteiger partial charge in [-0.25, -0.2) is 8.42 Å². The highest BCUT2D eigenvalue weighted by Gasteiger charge is 2.19. The van der Waals surface area contributed by atoms with Crippen molar-refractivity contribution in [3.63, 3.8) is 0 Å². The highest BCUT2D eigenvalue weighted by atomic mass is 79.9. The van der Waals surface area contributed by atoms with Crippen LogP contribution in [-0.2, 0) is 10.0 Å². The van der Waals surface area contributed by atoms with Crippen molar-refractivity contribution in [1.82, 2.24) is 0 Å². The molecule has 0 saturated heterocycles. The van der Waals surface area contributed by atoms with Gasteiger partial charge < -0.3 is 0 Å². The number of non-ortho nitro benzene ring substituents is 2. The standard InChI is InChI=1S/C12H8BrN3O6S/c13-11-7-9(16(19)20)4-5-12(11)14-23(21,22)10-3-1-2-8(6-10)15(17)18/h1-7,14H. The smallest absolute Gasteiger partial charge is 0.270 e. The lowest BCUT2D eigenvalue weighted by Crippen LogP contribution is -2.13. The molecule has 9 nitrogen and oxygen atoms in total. The van der Waals surface area contributed by atoms with Gasteiger partial charge in [0.05, 0.1) is 20.4 Å². The summed E-state index contributed by atoms with van der Waals surface area (Å²) in [6, 6.07) is 8.03. The molecule has 0 saturated carbocycles. The van der Waals surface area contributed by atoms with E-state index in [9.17, 15) is 28.6 Å². The molecule has 0 aliphatic carbocycles. The van der Waals surface area contributed by atoms with Crippen LogP contribution in [-0.4, -0.2) is 18.3 Å². The van der Waals surface area contributed by atoms with Crippen LogP contribution in [0.3, 0.4) is 0 Å². The van der Waals surface area contributed by atoms with Gasteiger partial charge in [-0.2, -0.15) is 0 Å². The fourth-order valence-corrected chi connectivity index (χ4v) is 3.38. The van der Waals surface area contributed by atoms with E-state index in [1.165, 1.54) is 24.3 Å². The number of sulfonamides is 1. The SMILES string of the molecule is O=[N+]([O-])c1cccc(S(=O)(=O)Nc2ccc([N+](=O)[O-])cc2Br)c1. The third-order valence-corrected chi connectivity index (χ3v) is 4.77. The maximum absolute atomic E-state index is 12.3. The number of nitrogens with one attached hydrogen (secondary N) is 1. The van der Waals surface area contributed by atoms with Gasteiger partial charge in [-0.3, -0.25) is 25.0 Å². The number of nitrogens with zero attached hydrogens (tertiary/aromatic N) is 2. The molecule has 11 heteroatoms. The minimum absolute atomic E-state index is 0.0714. The molecule has 0 bridgehead atoms. The fraction of sp³-hybridized carbons (Fsp3) is 0. The van der Waals surface area contributed by atoms with Crippen LogP contribution in [0, 0.1) is 20.2 Å². The van der Waals surface area contributed by atoms with Gasteiger partial charge in [0.1, 0.15) is 0 Å². The molecular formula is C12H8BrN3O6S. The van der Waals surface area contributed by atoms with Crippen molar-refractivity contribution in [1.29, 1.82) is 0 Å². The third-order valence-electron chi connectivity index (χ3n) is 2.75. The van der Waals surface area contributed by atoms with Gasteiger partial charge in [-0.1, -0.05) is 6.07 Å². The van der Waals surface area contributed by atoms with Gasteiger partial charge in [-0.05, 0) is 28.1 Å². The lowest BCUT2D eigenvalue weighted by molar-refractivity contribution is -0.385. The van der Waals surface area contributed by atoms with E-state index in [4.69, 9.17) is 0 Å². The molecule has 2 rings (SSSR count). The minimum Gasteiger partial charge on any atom is -0.278 e. The molecule has 0 spiro atoms. The first-order valence-electron chi connectivity index (χ1n) is 5.92. The average molecular weight is 402 g/mol. The summed E-state index contributed by atoms with van der Waals surface area (Å²) in [5.74, 6) is 0. The van der Waals surface area contributed by atoms with Crippen molar-refractivity contribution < 1.29 is 18.3 Å². The summed E-state index contributed by atoms with van der Waals surface area (Å²) in [6.45, 7) is 0. The average Bonchev–Trinajstić information content (AvgIpc) is 2.49. The summed E-state index contributed by atoms with van der Waals surface area (Å²) < 4.78 is 26.9. The number of benzene rings is 2. The Morgan fingerprint density at radius 3 is 2.13 bits per heavy atom. The molecule has 0 radical (unpaired) electrons. The van der Waals surface area contributed by atoms with E-state index in [-0.39, 0.29) is 26.4 Å². The summed E-state index contributed by atoms with van der Waals surface area (Å²) in [5.41, 5.74) is -0.507. The molecular weight excluding hydrogens is 394 g/mol. The molecule has 1 N–H and O–H groups in total. The van der Waals surface area contributed by atoms with Crippen LogP contribution in [0.15, 0.2) is 51.8 Å². The van der Waals surface area contributed by atoms with E-state index in [1.807, 2.05) is 0 Å². The van der Waals surface area contributed by atoms with Gasteiger partial charge in [-0.15, -0.1) is 0 Å². The molecule has 0 aliphatic heterocycles. The first kappa shape index (κ1) is 16.8. The minimum atomic E-state index is -4.08. The predicted octanol–water partition coefficient (Wildman–Crippen LogP) is 3.07. The lowest BCUT2D eigenvalue weighted by Gasteiger charge is -2.09. The number of rotatable bonds is 5. The molecule has 120 valence electrons. The zero-order chi connectivity index (χ0) is 17.2. The van der Waals surface area contributed by atoms with Crippen LogP contribution < -0.4 is 4.72 Å². The van der Waals surface area contributed by atoms with Crippen molar-refractivity contribution in [3.05, 3.63) is 67.2 Å². The van der Waals surface area contributed by atoms with Crippen molar-refractivity contribution in [2.45, 2.75) is 4.90 Å². The molecule has 0 aromatic heterocycles. The summed E-state index contributed by atoms with van der Waals surface area (Å²) in [4.78, 5) is 19.7. The first-order chi connectivity index (χ1) is 10.7. The normalized spacial score (nSPS) is 11.0. The Kier molecular flexibility index (Phi) is 4.61. The Balaban J connectivity index is 2.37. The second-order valence-electron chi connectivity index (χ2n) is 4.28. The zero-order valence-corrected chi connectivity index (χ0v) is 13.6. The molecule has 2 aromatic carbocycles. The van der Waals surface area contributed by atoms with Crippen molar-refractivity contribution in [2.75, 3.05) is 4.72 Å². The number of anilines is 1. The summed E-state index contributed by atoms with van der Waals surface area (Å²) in [5, 5.41) is 21.4. The molecule has 0 fully saturated rings. The Labute approximate surface area is 138 Å². The maximum atomic E-state index is 12.3. The highest BCUT2D eigenvalue weighted by Crippen LogP contribution is 2.29. The molecule has 0 amide bonds. The highest BCUT2D eigenvalue weighted by molar-refractivity contribution is 9.10. The van der Waals surface area contributed by atoms with Gasteiger partial charge in [0, 0.05) is 28.7 Å². The van der Waals surface area contributed by atoms with Crippen LogP contribution in [0.2, 0.25) is 0 Å². The largest absolute Gasteiger partial charge is 0.278 e. The van der Waals surface area contributed by atoms with Crippen LogP contribution in [0.25, 0.3) is 0 Å².